The molecule has 3 saturated carbocycles. The van der Waals surface area contributed by atoms with Crippen molar-refractivity contribution in [2.45, 2.75) is 64.5 Å². The third-order valence-corrected chi connectivity index (χ3v) is 9.55. The molecule has 0 bridgehead atoms. The van der Waals surface area contributed by atoms with Crippen LogP contribution in [0.5, 0.6) is 0 Å². The van der Waals surface area contributed by atoms with Crippen LogP contribution in [0.4, 0.5) is 4.39 Å². The van der Waals surface area contributed by atoms with E-state index in [1.54, 1.807) is 24.3 Å². The van der Waals surface area contributed by atoms with E-state index in [1.807, 2.05) is 11.9 Å². The van der Waals surface area contributed by atoms with Gasteiger partial charge >= 0.3 is 0 Å². The molecule has 0 radical (unpaired) electrons. The summed E-state index contributed by atoms with van der Waals surface area (Å²) in [5.41, 5.74) is 0.212. The molecule has 1 aromatic carbocycles. The zero-order valence-electron chi connectivity index (χ0n) is 18.7. The molecule has 4 nitrogen and oxygen atoms in total. The maximum atomic E-state index is 14.1. The molecule has 166 valence electrons. The van der Waals surface area contributed by atoms with E-state index >= 15 is 0 Å². The Labute approximate surface area is 184 Å². The molecule has 0 spiro atoms. The largest absolute Gasteiger partial charge is 0.349 e. The van der Waals surface area contributed by atoms with Crippen molar-refractivity contribution in [2.75, 3.05) is 7.05 Å². The topological polar surface area (TPSA) is 49.4 Å². The van der Waals surface area contributed by atoms with Crippen molar-refractivity contribution in [3.8, 4) is 0 Å². The number of amides is 2. The molecular formula is C26H33FN2O2. The van der Waals surface area contributed by atoms with Crippen LogP contribution in [0.15, 0.2) is 36.4 Å². The van der Waals surface area contributed by atoms with E-state index in [9.17, 15) is 14.0 Å². The summed E-state index contributed by atoms with van der Waals surface area (Å²) in [6.45, 7) is 4.69. The predicted molar refractivity (Wildman–Crippen MR) is 118 cm³/mol. The first-order valence-corrected chi connectivity index (χ1v) is 11.8. The summed E-state index contributed by atoms with van der Waals surface area (Å²) in [5, 5.41) is 3.20. The van der Waals surface area contributed by atoms with Crippen LogP contribution in [0.2, 0.25) is 0 Å². The van der Waals surface area contributed by atoms with Crippen molar-refractivity contribution in [2.24, 2.45) is 28.6 Å². The number of carbonyl (C=O) groups is 2. The number of nitrogens with one attached hydrogen (secondary N) is 1. The van der Waals surface area contributed by atoms with Crippen LogP contribution in [0.1, 0.15) is 62.7 Å². The second-order valence-corrected chi connectivity index (χ2v) is 10.7. The molecule has 7 atom stereocenters. The van der Waals surface area contributed by atoms with Crippen LogP contribution in [-0.2, 0) is 4.79 Å². The van der Waals surface area contributed by atoms with E-state index in [2.05, 4.69) is 25.2 Å². The van der Waals surface area contributed by atoms with Gasteiger partial charge in [0.1, 0.15) is 5.82 Å². The van der Waals surface area contributed by atoms with Gasteiger partial charge < -0.3 is 10.2 Å². The molecule has 2 unspecified atom stereocenters. The number of fused-ring (bicyclic) bond motifs is 5. The number of hydrogen-bond acceptors (Lipinski definition) is 2. The SMILES string of the molecule is CN1C(=O)C=C[C@@]2(C)C1CC[C@@H]1[C@H]2CC[C@]2(C)C(NC(=O)c3ccccc3F)CC[C@@H]12. The Balaban J connectivity index is 1.37. The zero-order valence-corrected chi connectivity index (χ0v) is 18.7. The number of hydrogen-bond donors (Lipinski definition) is 1. The third-order valence-electron chi connectivity index (χ3n) is 9.55. The van der Waals surface area contributed by atoms with E-state index in [-0.39, 0.29) is 40.3 Å². The molecule has 3 aliphatic carbocycles. The van der Waals surface area contributed by atoms with Crippen LogP contribution < -0.4 is 5.32 Å². The van der Waals surface area contributed by atoms with Gasteiger partial charge in [-0.2, -0.15) is 0 Å². The maximum Gasteiger partial charge on any atom is 0.254 e. The summed E-state index contributed by atoms with van der Waals surface area (Å²) < 4.78 is 14.1. The Morgan fingerprint density at radius 3 is 2.65 bits per heavy atom. The van der Waals surface area contributed by atoms with Gasteiger partial charge in [-0.15, -0.1) is 0 Å². The van der Waals surface area contributed by atoms with E-state index < -0.39 is 5.82 Å². The van der Waals surface area contributed by atoms with Crippen LogP contribution in [0, 0.1) is 34.4 Å². The van der Waals surface area contributed by atoms with E-state index in [1.165, 1.54) is 6.07 Å². The van der Waals surface area contributed by atoms with Crippen LogP contribution in [0.25, 0.3) is 0 Å². The fourth-order valence-corrected chi connectivity index (χ4v) is 7.86. The predicted octanol–water partition coefficient (Wildman–Crippen LogP) is 4.56. The van der Waals surface area contributed by atoms with Crippen LogP contribution in [-0.4, -0.2) is 35.8 Å². The normalized spacial score (nSPS) is 41.4. The minimum Gasteiger partial charge on any atom is -0.349 e. The number of rotatable bonds is 2. The molecule has 5 heteroatoms. The molecular weight excluding hydrogens is 391 g/mol. The molecule has 5 rings (SSSR count). The lowest BCUT2D eigenvalue weighted by Gasteiger charge is -2.60. The Bertz CT molecular complexity index is 945. The standard InChI is InChI=1S/C26H33FN2O2/c1-25-14-12-19-16(8-11-22-26(19,2)15-13-23(30)29(22)3)18(25)9-10-21(25)28-24(31)17-6-4-5-7-20(17)27/h4-7,13,15-16,18-19,21-22H,8-12,14H2,1-3H3,(H,28,31)/t16-,18-,19+,21?,22?,25-,26+/m0/s1. The number of nitrogens with zero attached hydrogens (tertiary/aromatic N) is 1. The van der Waals surface area contributed by atoms with Gasteiger partial charge in [0.25, 0.3) is 5.91 Å². The molecule has 1 aliphatic heterocycles. The Hall–Kier alpha value is -2.17. The smallest absolute Gasteiger partial charge is 0.254 e. The summed E-state index contributed by atoms with van der Waals surface area (Å²) in [7, 11) is 1.95. The lowest BCUT2D eigenvalue weighted by molar-refractivity contribution is -0.138. The lowest BCUT2D eigenvalue weighted by atomic mass is 9.48. The van der Waals surface area contributed by atoms with Crippen molar-refractivity contribution < 1.29 is 14.0 Å². The highest BCUT2D eigenvalue weighted by Gasteiger charge is 2.60. The van der Waals surface area contributed by atoms with E-state index in [0.29, 0.717) is 17.8 Å². The quantitative estimate of drug-likeness (QED) is 0.756. The first-order valence-electron chi connectivity index (χ1n) is 11.8. The van der Waals surface area contributed by atoms with Crippen LogP contribution in [0.3, 0.4) is 0 Å². The van der Waals surface area contributed by atoms with Crippen molar-refractivity contribution in [3.63, 3.8) is 0 Å². The van der Waals surface area contributed by atoms with Gasteiger partial charge in [0, 0.05) is 24.5 Å². The molecule has 1 heterocycles. The summed E-state index contributed by atoms with van der Waals surface area (Å²) in [6.07, 6.45) is 10.4. The summed E-state index contributed by atoms with van der Waals surface area (Å²) in [4.78, 5) is 27.0. The minimum atomic E-state index is -0.461. The monoisotopic (exact) mass is 424 g/mol. The second kappa shape index (κ2) is 7.18. The minimum absolute atomic E-state index is 0.0292. The fourth-order valence-electron chi connectivity index (χ4n) is 7.86. The highest BCUT2D eigenvalue weighted by molar-refractivity contribution is 5.94. The molecule has 4 aliphatic rings. The molecule has 0 aromatic heterocycles. The number of benzene rings is 1. The molecule has 1 N–H and O–H groups in total. The average molecular weight is 425 g/mol. The van der Waals surface area contributed by atoms with Crippen molar-refractivity contribution in [3.05, 3.63) is 47.8 Å². The first-order chi connectivity index (χ1) is 14.8. The first kappa shape index (κ1) is 20.7. The van der Waals surface area contributed by atoms with E-state index in [0.717, 1.165) is 38.5 Å². The highest BCUT2D eigenvalue weighted by Crippen LogP contribution is 2.63. The number of halogens is 1. The van der Waals surface area contributed by atoms with Gasteiger partial charge in [-0.25, -0.2) is 4.39 Å². The molecule has 31 heavy (non-hydrogen) atoms. The van der Waals surface area contributed by atoms with Crippen molar-refractivity contribution in [1.29, 1.82) is 0 Å². The Kier molecular flexibility index (Phi) is 4.80. The van der Waals surface area contributed by atoms with Crippen LogP contribution >= 0.6 is 0 Å². The second-order valence-electron chi connectivity index (χ2n) is 10.7. The summed E-state index contributed by atoms with van der Waals surface area (Å²) in [5.74, 6) is 1.11. The van der Waals surface area contributed by atoms with Gasteiger partial charge in [0.05, 0.1) is 5.56 Å². The fraction of sp³-hybridized carbons (Fsp3) is 0.615. The Morgan fingerprint density at radius 2 is 1.87 bits per heavy atom. The molecule has 0 saturated heterocycles. The van der Waals surface area contributed by atoms with Gasteiger partial charge in [0.15, 0.2) is 0 Å². The van der Waals surface area contributed by atoms with Crippen molar-refractivity contribution >= 4 is 11.8 Å². The zero-order chi connectivity index (χ0) is 22.0. The van der Waals surface area contributed by atoms with Gasteiger partial charge in [-0.05, 0) is 79.9 Å². The summed E-state index contributed by atoms with van der Waals surface area (Å²) in [6, 6.07) is 6.60. The highest BCUT2D eigenvalue weighted by atomic mass is 19.1. The summed E-state index contributed by atoms with van der Waals surface area (Å²) >= 11 is 0. The lowest BCUT2D eigenvalue weighted by Crippen LogP contribution is -2.60. The Morgan fingerprint density at radius 1 is 1.10 bits per heavy atom. The van der Waals surface area contributed by atoms with Crippen molar-refractivity contribution in [1.82, 2.24) is 10.2 Å². The average Bonchev–Trinajstić information content (AvgIpc) is 3.07. The van der Waals surface area contributed by atoms with Gasteiger partial charge in [0.2, 0.25) is 5.91 Å². The maximum absolute atomic E-state index is 14.1. The molecule has 3 fully saturated rings. The number of likely N-dealkylation sites (N-methyl/N-ethyl adjacent to an activating group) is 1. The molecule has 1 aromatic rings. The van der Waals surface area contributed by atoms with Gasteiger partial charge in [-0.3, -0.25) is 9.59 Å². The molecule has 2 amide bonds. The van der Waals surface area contributed by atoms with E-state index in [4.69, 9.17) is 0 Å². The third kappa shape index (κ3) is 2.99. The van der Waals surface area contributed by atoms with Gasteiger partial charge in [-0.1, -0.05) is 32.1 Å². The number of carbonyl (C=O) groups excluding carboxylic acids is 2.